The number of hydrogen-bond donors (Lipinski definition) is 1. The predicted octanol–water partition coefficient (Wildman–Crippen LogP) is 2.89. The Hall–Kier alpha value is -2.61. The Morgan fingerprint density at radius 2 is 1.73 bits per heavy atom. The van der Waals surface area contributed by atoms with Gasteiger partial charge in [-0.1, -0.05) is 6.92 Å². The summed E-state index contributed by atoms with van der Waals surface area (Å²) in [5, 5.41) is 4.59. The lowest BCUT2D eigenvalue weighted by molar-refractivity contribution is 0.170. The second kappa shape index (κ2) is 13.6. The van der Waals surface area contributed by atoms with Crippen molar-refractivity contribution in [3.8, 4) is 5.75 Å². The monoisotopic (exact) mass is 610 g/mol. The van der Waals surface area contributed by atoms with Crippen molar-refractivity contribution in [3.05, 3.63) is 52.0 Å². The zero-order valence-corrected chi connectivity index (χ0v) is 25.7. The standard InChI is InChI=1S/C26H39N6O7PS/c1-5-9-25-27-18-22-26(33)28-24(29-32(22)25)17-20-16-21(10-11-23(20)37-6-2)41(35,36)31-14-12-30(13-15-31)19-40(34,38-7-3)39-8-4/h10-11,16,18H,5-9,12-15,17,19H2,1-4H3,(H,28,29,33). The van der Waals surface area contributed by atoms with Crippen LogP contribution in [0, 0.1) is 0 Å². The molecular formula is C26H39N6O7PS. The largest absolute Gasteiger partial charge is 0.494 e. The number of nitrogens with one attached hydrogen (secondary N) is 1. The Bertz CT molecular complexity index is 1540. The van der Waals surface area contributed by atoms with Gasteiger partial charge in [0.1, 0.15) is 23.7 Å². The first-order valence-electron chi connectivity index (χ1n) is 14.0. The zero-order valence-electron chi connectivity index (χ0n) is 24.0. The molecule has 0 spiro atoms. The Morgan fingerprint density at radius 3 is 2.37 bits per heavy atom. The summed E-state index contributed by atoms with van der Waals surface area (Å²) >= 11 is 0. The summed E-state index contributed by atoms with van der Waals surface area (Å²) in [4.78, 5) is 21.9. The van der Waals surface area contributed by atoms with Crippen molar-refractivity contribution in [3.63, 3.8) is 0 Å². The first-order valence-corrected chi connectivity index (χ1v) is 17.1. The van der Waals surface area contributed by atoms with Gasteiger partial charge in [0.15, 0.2) is 5.52 Å². The van der Waals surface area contributed by atoms with Gasteiger partial charge in [-0.2, -0.15) is 9.40 Å². The minimum Gasteiger partial charge on any atom is -0.494 e. The van der Waals surface area contributed by atoms with E-state index in [9.17, 15) is 17.8 Å². The van der Waals surface area contributed by atoms with Gasteiger partial charge in [-0.3, -0.25) is 14.3 Å². The number of fused-ring (bicyclic) bond motifs is 1. The Labute approximate surface area is 240 Å². The van der Waals surface area contributed by atoms with Gasteiger partial charge >= 0.3 is 7.60 Å². The van der Waals surface area contributed by atoms with Gasteiger partial charge in [0.2, 0.25) is 10.0 Å². The number of hydrogen-bond acceptors (Lipinski definition) is 10. The van der Waals surface area contributed by atoms with Crippen molar-refractivity contribution in [1.82, 2.24) is 28.8 Å². The lowest BCUT2D eigenvalue weighted by Gasteiger charge is -2.35. The Morgan fingerprint density at radius 1 is 1.02 bits per heavy atom. The fraction of sp³-hybridized carbons (Fsp3) is 0.577. The number of aryl methyl sites for hydroxylation is 1. The number of sulfonamides is 1. The molecule has 1 aliphatic rings. The van der Waals surface area contributed by atoms with E-state index in [0.29, 0.717) is 54.6 Å². The maximum absolute atomic E-state index is 13.6. The molecule has 0 bridgehead atoms. The molecule has 15 heteroatoms. The molecule has 1 aliphatic heterocycles. The van der Waals surface area contributed by atoms with E-state index in [-0.39, 0.29) is 49.5 Å². The molecule has 1 N–H and O–H groups in total. The molecule has 0 radical (unpaired) electrons. The molecule has 0 saturated carbocycles. The van der Waals surface area contributed by atoms with Crippen LogP contribution in [-0.2, 0) is 36.5 Å². The lowest BCUT2D eigenvalue weighted by Crippen LogP contribution is -2.48. The van der Waals surface area contributed by atoms with Crippen LogP contribution in [0.15, 0.2) is 34.1 Å². The van der Waals surface area contributed by atoms with Gasteiger partial charge in [-0.15, -0.1) is 0 Å². The number of piperazine rings is 1. The minimum atomic E-state index is -3.83. The topological polar surface area (TPSA) is 148 Å². The molecule has 1 saturated heterocycles. The second-order valence-electron chi connectivity index (χ2n) is 9.61. The highest BCUT2D eigenvalue weighted by Gasteiger charge is 2.33. The SMILES string of the molecule is CCCc1ncc2c(=O)[nH]c(Cc3cc(S(=O)(=O)N4CCN(CP(=O)(OCC)OCC)CC4)ccc3OCC)nn12. The highest BCUT2D eigenvalue weighted by molar-refractivity contribution is 7.89. The van der Waals surface area contributed by atoms with Crippen molar-refractivity contribution in [1.29, 1.82) is 0 Å². The summed E-state index contributed by atoms with van der Waals surface area (Å²) in [6, 6.07) is 4.75. The molecule has 0 amide bonds. The molecule has 1 aromatic carbocycles. The molecule has 3 heterocycles. The van der Waals surface area contributed by atoms with Crippen LogP contribution in [0.2, 0.25) is 0 Å². The Kier molecular flexibility index (Phi) is 10.4. The van der Waals surface area contributed by atoms with Crippen LogP contribution in [-0.4, -0.2) is 89.5 Å². The smallest absolute Gasteiger partial charge is 0.344 e. The lowest BCUT2D eigenvalue weighted by atomic mass is 10.1. The van der Waals surface area contributed by atoms with Crippen LogP contribution in [0.4, 0.5) is 0 Å². The molecule has 13 nitrogen and oxygen atoms in total. The van der Waals surface area contributed by atoms with Crippen LogP contribution < -0.4 is 10.3 Å². The zero-order chi connectivity index (χ0) is 29.6. The minimum absolute atomic E-state index is 0.113. The van der Waals surface area contributed by atoms with Gasteiger partial charge in [-0.05, 0) is 45.4 Å². The normalized spacial score (nSPS) is 15.5. The summed E-state index contributed by atoms with van der Waals surface area (Å²) < 4.78 is 59.7. The Balaban J connectivity index is 1.55. The number of aromatic nitrogens is 4. The summed E-state index contributed by atoms with van der Waals surface area (Å²) in [5.74, 6) is 1.57. The summed E-state index contributed by atoms with van der Waals surface area (Å²) in [6.45, 7) is 9.56. The number of aromatic amines is 1. The van der Waals surface area contributed by atoms with E-state index in [2.05, 4.69) is 15.1 Å². The number of rotatable bonds is 14. The number of H-pyrrole nitrogens is 1. The average Bonchev–Trinajstić information content (AvgIpc) is 3.33. The number of ether oxygens (including phenoxy) is 1. The van der Waals surface area contributed by atoms with Gasteiger partial charge in [0.25, 0.3) is 5.56 Å². The first-order chi connectivity index (χ1) is 19.6. The molecule has 2 aromatic heterocycles. The quantitative estimate of drug-likeness (QED) is 0.270. The maximum atomic E-state index is 13.6. The van der Waals surface area contributed by atoms with E-state index in [1.165, 1.54) is 16.6 Å². The van der Waals surface area contributed by atoms with Crippen molar-refractivity contribution in [2.75, 3.05) is 52.3 Å². The third kappa shape index (κ3) is 7.25. The molecule has 3 aromatic rings. The fourth-order valence-corrected chi connectivity index (χ4v) is 8.08. The second-order valence-corrected chi connectivity index (χ2v) is 13.6. The van der Waals surface area contributed by atoms with Crippen LogP contribution in [0.1, 0.15) is 51.3 Å². The van der Waals surface area contributed by atoms with Crippen LogP contribution in [0.5, 0.6) is 5.75 Å². The molecule has 0 atom stereocenters. The van der Waals surface area contributed by atoms with Crippen molar-refractivity contribution in [2.24, 2.45) is 0 Å². The highest BCUT2D eigenvalue weighted by Crippen LogP contribution is 2.48. The van der Waals surface area contributed by atoms with E-state index >= 15 is 0 Å². The molecule has 4 rings (SSSR count). The van der Waals surface area contributed by atoms with Crippen LogP contribution in [0.25, 0.3) is 5.52 Å². The summed E-state index contributed by atoms with van der Waals surface area (Å²) in [5.41, 5.74) is 0.625. The molecule has 0 unspecified atom stereocenters. The number of benzene rings is 1. The van der Waals surface area contributed by atoms with Crippen LogP contribution in [0.3, 0.4) is 0 Å². The third-order valence-electron chi connectivity index (χ3n) is 6.68. The summed E-state index contributed by atoms with van der Waals surface area (Å²) in [7, 11) is -7.11. The van der Waals surface area contributed by atoms with Crippen molar-refractivity contribution < 1.29 is 26.8 Å². The van der Waals surface area contributed by atoms with Gasteiger partial charge in [0, 0.05) is 44.6 Å². The molecule has 41 heavy (non-hydrogen) atoms. The first kappa shape index (κ1) is 31.3. The predicted molar refractivity (Wildman–Crippen MR) is 154 cm³/mol. The van der Waals surface area contributed by atoms with Crippen molar-refractivity contribution in [2.45, 2.75) is 51.9 Å². The van der Waals surface area contributed by atoms with Crippen LogP contribution >= 0.6 is 7.60 Å². The third-order valence-corrected chi connectivity index (χ3v) is 10.6. The molecule has 1 fully saturated rings. The van der Waals surface area contributed by atoms with E-state index in [1.54, 1.807) is 30.5 Å². The maximum Gasteiger partial charge on any atom is 0.344 e. The number of nitrogens with zero attached hydrogens (tertiary/aromatic N) is 5. The van der Waals surface area contributed by atoms with Gasteiger partial charge < -0.3 is 18.8 Å². The molecular weight excluding hydrogens is 571 g/mol. The van der Waals surface area contributed by atoms with E-state index in [1.807, 2.05) is 18.7 Å². The molecule has 226 valence electrons. The van der Waals surface area contributed by atoms with E-state index in [4.69, 9.17) is 13.8 Å². The average molecular weight is 611 g/mol. The highest BCUT2D eigenvalue weighted by atomic mass is 32.2. The van der Waals surface area contributed by atoms with Gasteiger partial charge in [-0.25, -0.2) is 17.9 Å². The van der Waals surface area contributed by atoms with E-state index < -0.39 is 17.6 Å². The van der Waals surface area contributed by atoms with Gasteiger partial charge in [0.05, 0.1) is 30.9 Å². The number of imidazole rings is 1. The molecule has 0 aliphatic carbocycles. The fourth-order valence-electron chi connectivity index (χ4n) is 4.81. The summed E-state index contributed by atoms with van der Waals surface area (Å²) in [6.07, 6.45) is 3.30. The van der Waals surface area contributed by atoms with E-state index in [0.717, 1.165) is 6.42 Å². The van der Waals surface area contributed by atoms with Crippen molar-refractivity contribution >= 4 is 23.1 Å².